The van der Waals surface area contributed by atoms with Crippen molar-refractivity contribution in [3.63, 3.8) is 0 Å². The molecule has 1 N–H and O–H groups in total. The SMILES string of the molecule is O=C(O)Cc1ccc(I)cc1F. The van der Waals surface area contributed by atoms with Gasteiger partial charge in [-0.1, -0.05) is 6.07 Å². The number of benzene rings is 1. The quantitative estimate of drug-likeness (QED) is 0.842. The van der Waals surface area contributed by atoms with Gasteiger partial charge in [0.15, 0.2) is 0 Å². The maximum atomic E-state index is 12.9. The fourth-order valence-electron chi connectivity index (χ4n) is 0.828. The van der Waals surface area contributed by atoms with Crippen LogP contribution in [0.5, 0.6) is 0 Å². The maximum absolute atomic E-state index is 12.9. The summed E-state index contributed by atoms with van der Waals surface area (Å²) >= 11 is 1.97. The van der Waals surface area contributed by atoms with E-state index in [0.717, 1.165) is 3.57 Å². The molecule has 0 aliphatic rings. The molecule has 0 saturated heterocycles. The highest BCUT2D eigenvalue weighted by molar-refractivity contribution is 14.1. The highest BCUT2D eigenvalue weighted by atomic mass is 127. The number of aliphatic carboxylic acids is 1. The molecule has 0 amide bonds. The minimum absolute atomic E-state index is 0.225. The van der Waals surface area contributed by atoms with Crippen molar-refractivity contribution in [3.8, 4) is 0 Å². The van der Waals surface area contributed by atoms with E-state index in [9.17, 15) is 9.18 Å². The summed E-state index contributed by atoms with van der Waals surface area (Å²) in [4.78, 5) is 10.2. The van der Waals surface area contributed by atoms with E-state index in [4.69, 9.17) is 5.11 Å². The van der Waals surface area contributed by atoms with Gasteiger partial charge in [-0.3, -0.25) is 4.79 Å². The molecule has 0 unspecified atom stereocenters. The first-order chi connectivity index (χ1) is 5.59. The molecule has 0 heterocycles. The molecule has 1 aromatic rings. The molecule has 0 atom stereocenters. The second-order valence-corrected chi connectivity index (χ2v) is 3.55. The summed E-state index contributed by atoms with van der Waals surface area (Å²) in [5.74, 6) is -1.47. The van der Waals surface area contributed by atoms with Crippen molar-refractivity contribution in [1.29, 1.82) is 0 Å². The summed E-state index contributed by atoms with van der Waals surface area (Å²) in [6, 6.07) is 4.49. The van der Waals surface area contributed by atoms with E-state index in [1.807, 2.05) is 22.6 Å². The normalized spacial score (nSPS) is 9.83. The molecule has 0 fully saturated rings. The molecule has 12 heavy (non-hydrogen) atoms. The van der Waals surface area contributed by atoms with Crippen LogP contribution in [0.15, 0.2) is 18.2 Å². The van der Waals surface area contributed by atoms with E-state index in [-0.39, 0.29) is 12.0 Å². The molecule has 0 bridgehead atoms. The third kappa shape index (κ3) is 2.44. The van der Waals surface area contributed by atoms with Crippen molar-refractivity contribution in [2.45, 2.75) is 6.42 Å². The minimum Gasteiger partial charge on any atom is -0.481 e. The Labute approximate surface area is 82.5 Å². The molecule has 0 spiro atoms. The molecule has 4 heteroatoms. The van der Waals surface area contributed by atoms with Crippen molar-refractivity contribution in [1.82, 2.24) is 0 Å². The van der Waals surface area contributed by atoms with E-state index < -0.39 is 11.8 Å². The van der Waals surface area contributed by atoms with Gasteiger partial charge in [0.25, 0.3) is 0 Å². The van der Waals surface area contributed by atoms with Crippen molar-refractivity contribution < 1.29 is 14.3 Å². The Balaban J connectivity index is 2.93. The van der Waals surface area contributed by atoms with Crippen LogP contribution in [0.4, 0.5) is 4.39 Å². The minimum atomic E-state index is -1.02. The summed E-state index contributed by atoms with van der Waals surface area (Å²) < 4.78 is 13.7. The van der Waals surface area contributed by atoms with E-state index in [0.29, 0.717) is 0 Å². The fraction of sp³-hybridized carbons (Fsp3) is 0.125. The molecule has 1 rings (SSSR count). The van der Waals surface area contributed by atoms with Crippen molar-refractivity contribution in [3.05, 3.63) is 33.1 Å². The van der Waals surface area contributed by atoms with Gasteiger partial charge in [0, 0.05) is 3.57 Å². The predicted octanol–water partition coefficient (Wildman–Crippen LogP) is 2.06. The van der Waals surface area contributed by atoms with Crippen molar-refractivity contribution >= 4 is 28.6 Å². The number of carboxylic acids is 1. The Morgan fingerprint density at radius 3 is 2.75 bits per heavy atom. The molecule has 2 nitrogen and oxygen atoms in total. The van der Waals surface area contributed by atoms with Crippen LogP contribution < -0.4 is 0 Å². The number of rotatable bonds is 2. The van der Waals surface area contributed by atoms with E-state index in [1.165, 1.54) is 12.1 Å². The lowest BCUT2D eigenvalue weighted by Gasteiger charge is -1.99. The van der Waals surface area contributed by atoms with Gasteiger partial charge in [-0.05, 0) is 40.3 Å². The van der Waals surface area contributed by atoms with Crippen LogP contribution in [0.2, 0.25) is 0 Å². The molecule has 0 radical (unpaired) electrons. The first-order valence-electron chi connectivity index (χ1n) is 3.25. The Kier molecular flexibility index (Phi) is 3.02. The van der Waals surface area contributed by atoms with E-state index in [2.05, 4.69) is 0 Å². The molecule has 0 aromatic heterocycles. The van der Waals surface area contributed by atoms with Gasteiger partial charge in [-0.2, -0.15) is 0 Å². The Bertz CT molecular complexity index is 312. The topological polar surface area (TPSA) is 37.3 Å². The molecular weight excluding hydrogens is 274 g/mol. The van der Waals surface area contributed by atoms with Gasteiger partial charge in [-0.15, -0.1) is 0 Å². The average Bonchev–Trinajstić information content (AvgIpc) is 1.94. The van der Waals surface area contributed by atoms with Crippen molar-refractivity contribution in [2.75, 3.05) is 0 Å². The molecule has 0 aliphatic heterocycles. The average molecular weight is 280 g/mol. The zero-order chi connectivity index (χ0) is 9.14. The van der Waals surface area contributed by atoms with Gasteiger partial charge in [-0.25, -0.2) is 4.39 Å². The smallest absolute Gasteiger partial charge is 0.307 e. The molecule has 0 aliphatic carbocycles. The van der Waals surface area contributed by atoms with Crippen LogP contribution in [0.3, 0.4) is 0 Å². The second-order valence-electron chi connectivity index (χ2n) is 2.31. The molecule has 0 saturated carbocycles. The van der Waals surface area contributed by atoms with Crippen LogP contribution in [-0.4, -0.2) is 11.1 Å². The monoisotopic (exact) mass is 280 g/mol. The third-order valence-electron chi connectivity index (χ3n) is 1.36. The summed E-state index contributed by atoms with van der Waals surface area (Å²) in [7, 11) is 0. The number of carbonyl (C=O) groups is 1. The van der Waals surface area contributed by atoms with E-state index >= 15 is 0 Å². The Morgan fingerprint density at radius 1 is 1.58 bits per heavy atom. The lowest BCUT2D eigenvalue weighted by Crippen LogP contribution is -2.02. The van der Waals surface area contributed by atoms with Gasteiger partial charge < -0.3 is 5.11 Å². The number of hydrogen-bond donors (Lipinski definition) is 1. The standard InChI is InChI=1S/C8H6FIO2/c9-7-4-6(10)2-1-5(7)3-8(11)12/h1-2,4H,3H2,(H,11,12). The van der Waals surface area contributed by atoms with Crippen LogP contribution in [-0.2, 0) is 11.2 Å². The first-order valence-corrected chi connectivity index (χ1v) is 4.33. The zero-order valence-electron chi connectivity index (χ0n) is 6.05. The molecule has 64 valence electrons. The summed E-state index contributed by atoms with van der Waals surface area (Å²) in [5.41, 5.74) is 0.225. The summed E-state index contributed by atoms with van der Waals surface area (Å²) in [5, 5.41) is 8.39. The largest absolute Gasteiger partial charge is 0.481 e. The van der Waals surface area contributed by atoms with Gasteiger partial charge >= 0.3 is 5.97 Å². The summed E-state index contributed by atoms with van der Waals surface area (Å²) in [6.07, 6.45) is -0.261. The van der Waals surface area contributed by atoms with Crippen LogP contribution in [0, 0.1) is 9.39 Å². The van der Waals surface area contributed by atoms with Crippen molar-refractivity contribution in [2.24, 2.45) is 0 Å². The van der Waals surface area contributed by atoms with Crippen LogP contribution in [0.25, 0.3) is 0 Å². The predicted molar refractivity (Wildman–Crippen MR) is 50.5 cm³/mol. The third-order valence-corrected chi connectivity index (χ3v) is 2.03. The lowest BCUT2D eigenvalue weighted by atomic mass is 10.1. The zero-order valence-corrected chi connectivity index (χ0v) is 8.21. The van der Waals surface area contributed by atoms with E-state index in [1.54, 1.807) is 6.07 Å². The maximum Gasteiger partial charge on any atom is 0.307 e. The van der Waals surface area contributed by atoms with Crippen LogP contribution >= 0.6 is 22.6 Å². The van der Waals surface area contributed by atoms with Gasteiger partial charge in [0.1, 0.15) is 5.82 Å². The Hall–Kier alpha value is -0.650. The highest BCUT2D eigenvalue weighted by Gasteiger charge is 2.06. The fourth-order valence-corrected chi connectivity index (χ4v) is 1.28. The van der Waals surface area contributed by atoms with Gasteiger partial charge in [0.2, 0.25) is 0 Å². The Morgan fingerprint density at radius 2 is 2.25 bits per heavy atom. The second kappa shape index (κ2) is 3.84. The summed E-state index contributed by atoms with van der Waals surface area (Å²) in [6.45, 7) is 0. The lowest BCUT2D eigenvalue weighted by molar-refractivity contribution is -0.136. The first kappa shape index (κ1) is 9.44. The molecular formula is C8H6FIO2. The highest BCUT2D eigenvalue weighted by Crippen LogP contribution is 2.12. The number of halogens is 2. The molecule has 1 aromatic carbocycles. The van der Waals surface area contributed by atoms with Crippen LogP contribution in [0.1, 0.15) is 5.56 Å². The van der Waals surface area contributed by atoms with Gasteiger partial charge in [0.05, 0.1) is 6.42 Å². The number of carboxylic acid groups (broad SMARTS) is 1. The number of hydrogen-bond acceptors (Lipinski definition) is 1.